The first-order valence-electron chi connectivity index (χ1n) is 10.1. The number of aromatic nitrogens is 1. The molecule has 0 unspecified atom stereocenters. The molecule has 32 heavy (non-hydrogen) atoms. The lowest BCUT2D eigenvalue weighted by Gasteiger charge is -2.29. The molecule has 3 aromatic rings. The number of methoxy groups -OCH3 is 1. The molecule has 1 aromatic heterocycles. The lowest BCUT2D eigenvalue weighted by atomic mass is 10.1. The van der Waals surface area contributed by atoms with Gasteiger partial charge in [-0.3, -0.25) is 19.8 Å². The van der Waals surface area contributed by atoms with Gasteiger partial charge in [-0.15, -0.1) is 0 Å². The van der Waals surface area contributed by atoms with Crippen LogP contribution in [0.4, 0.5) is 5.69 Å². The van der Waals surface area contributed by atoms with Crippen LogP contribution in [0.3, 0.4) is 0 Å². The van der Waals surface area contributed by atoms with Crippen LogP contribution >= 0.6 is 12.2 Å². The Bertz CT molecular complexity index is 1270. The van der Waals surface area contributed by atoms with E-state index in [1.165, 1.54) is 4.90 Å². The van der Waals surface area contributed by atoms with Gasteiger partial charge in [-0.25, -0.2) is 0 Å². The van der Waals surface area contributed by atoms with Crippen LogP contribution in [0.25, 0.3) is 11.8 Å². The summed E-state index contributed by atoms with van der Waals surface area (Å²) in [5, 5.41) is 2.72. The van der Waals surface area contributed by atoms with E-state index in [0.717, 1.165) is 28.3 Å². The van der Waals surface area contributed by atoms with Crippen LogP contribution in [0.2, 0.25) is 0 Å². The van der Waals surface area contributed by atoms with Crippen molar-refractivity contribution in [2.45, 2.75) is 20.8 Å². The minimum atomic E-state index is -0.514. The largest absolute Gasteiger partial charge is 0.497 e. The molecule has 0 aliphatic carbocycles. The molecule has 1 aliphatic rings. The third-order valence-corrected chi connectivity index (χ3v) is 5.86. The third kappa shape index (κ3) is 3.83. The topological polar surface area (TPSA) is 63.6 Å². The van der Waals surface area contributed by atoms with Gasteiger partial charge < -0.3 is 9.30 Å². The number of anilines is 1. The van der Waals surface area contributed by atoms with E-state index in [-0.39, 0.29) is 10.7 Å². The average molecular weight is 446 g/mol. The molecule has 2 amide bonds. The minimum absolute atomic E-state index is 0.0182. The van der Waals surface area contributed by atoms with Gasteiger partial charge in [0.2, 0.25) is 0 Å². The van der Waals surface area contributed by atoms with Gasteiger partial charge in [0, 0.05) is 17.1 Å². The van der Waals surface area contributed by atoms with Crippen molar-refractivity contribution in [3.8, 4) is 11.4 Å². The van der Waals surface area contributed by atoms with Gasteiger partial charge in [0.15, 0.2) is 5.11 Å². The van der Waals surface area contributed by atoms with E-state index >= 15 is 0 Å². The van der Waals surface area contributed by atoms with Crippen LogP contribution in [0, 0.1) is 20.8 Å². The molecule has 162 valence electrons. The SMILES string of the molecule is COc1ccc(-n2c(C)ccc2/C=C2\C(=O)NC(=S)N(c3ccc(C)c(C)c3)C2=O)cc1. The summed E-state index contributed by atoms with van der Waals surface area (Å²) in [6.45, 7) is 5.93. The molecule has 1 N–H and O–H groups in total. The summed E-state index contributed by atoms with van der Waals surface area (Å²) in [7, 11) is 1.62. The highest BCUT2D eigenvalue weighted by molar-refractivity contribution is 7.80. The second-order valence-electron chi connectivity index (χ2n) is 7.66. The summed E-state index contributed by atoms with van der Waals surface area (Å²) in [5.74, 6) is -0.222. The Morgan fingerprint density at radius 3 is 2.25 bits per heavy atom. The number of carbonyl (C=O) groups excluding carboxylic acids is 2. The molecule has 7 heteroatoms. The average Bonchev–Trinajstić information content (AvgIpc) is 3.13. The number of ether oxygens (including phenoxy) is 1. The van der Waals surface area contributed by atoms with Crippen molar-refractivity contribution in [2.75, 3.05) is 12.0 Å². The normalized spacial score (nSPS) is 15.3. The van der Waals surface area contributed by atoms with Crippen LogP contribution < -0.4 is 15.0 Å². The number of nitrogens with zero attached hydrogens (tertiary/aromatic N) is 2. The Morgan fingerprint density at radius 1 is 0.906 bits per heavy atom. The summed E-state index contributed by atoms with van der Waals surface area (Å²) in [6.07, 6.45) is 1.60. The number of nitrogens with one attached hydrogen (secondary N) is 1. The van der Waals surface area contributed by atoms with Crippen LogP contribution in [0.15, 0.2) is 60.2 Å². The van der Waals surface area contributed by atoms with Gasteiger partial charge in [0.05, 0.1) is 12.8 Å². The van der Waals surface area contributed by atoms with Gasteiger partial charge in [-0.1, -0.05) is 6.07 Å². The second-order valence-corrected chi connectivity index (χ2v) is 8.05. The number of hydrogen-bond donors (Lipinski definition) is 1. The van der Waals surface area contributed by atoms with Gasteiger partial charge >= 0.3 is 0 Å². The first-order valence-corrected chi connectivity index (χ1v) is 10.5. The van der Waals surface area contributed by atoms with Crippen molar-refractivity contribution in [3.05, 3.63) is 82.7 Å². The maximum Gasteiger partial charge on any atom is 0.270 e. The maximum absolute atomic E-state index is 13.4. The highest BCUT2D eigenvalue weighted by Gasteiger charge is 2.34. The van der Waals surface area contributed by atoms with Crippen molar-refractivity contribution in [1.82, 2.24) is 9.88 Å². The molecule has 2 heterocycles. The zero-order chi connectivity index (χ0) is 23.0. The highest BCUT2D eigenvalue weighted by atomic mass is 32.1. The molecule has 1 saturated heterocycles. The quantitative estimate of drug-likeness (QED) is 0.371. The van der Waals surface area contributed by atoms with Gasteiger partial charge in [-0.05, 0) is 98.7 Å². The lowest BCUT2D eigenvalue weighted by Crippen LogP contribution is -2.54. The molecule has 0 atom stereocenters. The molecule has 0 radical (unpaired) electrons. The number of amides is 2. The molecule has 0 saturated carbocycles. The Labute approximate surface area is 192 Å². The summed E-state index contributed by atoms with van der Waals surface area (Å²) in [4.78, 5) is 27.4. The smallest absolute Gasteiger partial charge is 0.270 e. The Hall–Kier alpha value is -3.71. The van der Waals surface area contributed by atoms with Crippen molar-refractivity contribution in [3.63, 3.8) is 0 Å². The summed E-state index contributed by atoms with van der Waals surface area (Å²) in [5.41, 5.74) is 5.35. The molecule has 2 aromatic carbocycles. The van der Waals surface area contributed by atoms with E-state index in [1.807, 2.05) is 79.9 Å². The molecule has 1 fully saturated rings. The Balaban J connectivity index is 1.76. The predicted molar refractivity (Wildman–Crippen MR) is 129 cm³/mol. The fraction of sp³-hybridized carbons (Fsp3) is 0.160. The van der Waals surface area contributed by atoms with Gasteiger partial charge in [0.1, 0.15) is 11.3 Å². The fourth-order valence-corrected chi connectivity index (χ4v) is 3.94. The van der Waals surface area contributed by atoms with E-state index in [0.29, 0.717) is 11.4 Å². The van der Waals surface area contributed by atoms with E-state index in [4.69, 9.17) is 17.0 Å². The summed E-state index contributed by atoms with van der Waals surface area (Å²) in [6, 6.07) is 17.0. The number of hydrogen-bond acceptors (Lipinski definition) is 4. The van der Waals surface area contributed by atoms with Gasteiger partial charge in [-0.2, -0.15) is 0 Å². The number of rotatable bonds is 4. The lowest BCUT2D eigenvalue weighted by molar-refractivity contribution is -0.122. The molecule has 0 spiro atoms. The van der Waals surface area contributed by atoms with Crippen LogP contribution in [-0.4, -0.2) is 28.6 Å². The van der Waals surface area contributed by atoms with Crippen molar-refractivity contribution in [2.24, 2.45) is 0 Å². The third-order valence-electron chi connectivity index (χ3n) is 5.58. The minimum Gasteiger partial charge on any atom is -0.497 e. The van der Waals surface area contributed by atoms with Crippen molar-refractivity contribution >= 4 is 40.9 Å². The standard InChI is InChI=1S/C25H23N3O3S/c1-15-5-7-19(13-16(15)2)28-24(30)22(23(29)26-25(28)32)14-20-8-6-17(3)27(20)18-9-11-21(31-4)12-10-18/h5-14H,1-4H3,(H,26,29,32)/b22-14+. The van der Waals surface area contributed by atoms with E-state index in [2.05, 4.69) is 5.32 Å². The molecule has 1 aliphatic heterocycles. The molecule has 0 bridgehead atoms. The zero-order valence-corrected chi connectivity index (χ0v) is 19.1. The highest BCUT2D eigenvalue weighted by Crippen LogP contribution is 2.26. The summed E-state index contributed by atoms with van der Waals surface area (Å²) < 4.78 is 7.21. The fourth-order valence-electron chi connectivity index (χ4n) is 3.66. The second kappa shape index (κ2) is 8.43. The van der Waals surface area contributed by atoms with Crippen LogP contribution in [0.5, 0.6) is 5.75 Å². The summed E-state index contributed by atoms with van der Waals surface area (Å²) >= 11 is 5.32. The zero-order valence-electron chi connectivity index (χ0n) is 18.3. The maximum atomic E-state index is 13.4. The van der Waals surface area contributed by atoms with E-state index in [9.17, 15) is 9.59 Å². The van der Waals surface area contributed by atoms with Crippen LogP contribution in [-0.2, 0) is 9.59 Å². The van der Waals surface area contributed by atoms with Crippen molar-refractivity contribution in [1.29, 1.82) is 0 Å². The van der Waals surface area contributed by atoms with Gasteiger partial charge in [0.25, 0.3) is 11.8 Å². The number of thiocarbonyl (C=S) groups is 1. The predicted octanol–water partition coefficient (Wildman–Crippen LogP) is 4.24. The number of benzene rings is 2. The van der Waals surface area contributed by atoms with E-state index < -0.39 is 11.8 Å². The molecular formula is C25H23N3O3S. The molecule has 4 rings (SSSR count). The van der Waals surface area contributed by atoms with Crippen LogP contribution in [0.1, 0.15) is 22.5 Å². The number of aryl methyl sites for hydroxylation is 3. The van der Waals surface area contributed by atoms with E-state index in [1.54, 1.807) is 13.2 Å². The van der Waals surface area contributed by atoms with Crippen molar-refractivity contribution < 1.29 is 14.3 Å². The Morgan fingerprint density at radius 2 is 1.59 bits per heavy atom. The first kappa shape index (κ1) is 21.5. The molecular weight excluding hydrogens is 422 g/mol. The first-order chi connectivity index (χ1) is 15.3. The number of carbonyl (C=O) groups is 2. The Kier molecular flexibility index (Phi) is 5.67. The molecule has 6 nitrogen and oxygen atoms in total. The monoisotopic (exact) mass is 445 g/mol.